The van der Waals surface area contributed by atoms with Crippen LogP contribution in [0.1, 0.15) is 76.3 Å². The lowest BCUT2D eigenvalue weighted by molar-refractivity contribution is -0.457. The average molecular weight is 694 g/mol. The van der Waals surface area contributed by atoms with Crippen LogP contribution >= 0.6 is 12.6 Å². The van der Waals surface area contributed by atoms with E-state index in [0.29, 0.717) is 24.4 Å². The van der Waals surface area contributed by atoms with E-state index in [1.54, 1.807) is 0 Å². The summed E-state index contributed by atoms with van der Waals surface area (Å²) in [5.74, 6) is 2.29. The molecule has 1 aromatic carbocycles. The molecular formula is C32H44F9NO3S. The van der Waals surface area contributed by atoms with Crippen molar-refractivity contribution in [1.82, 2.24) is 4.90 Å². The van der Waals surface area contributed by atoms with E-state index in [4.69, 9.17) is 9.47 Å². The molecule has 1 aromatic rings. The number of hydrogen-bond acceptors (Lipinski definition) is 5. The molecule has 4 rings (SSSR count). The molecule has 4 nitrogen and oxygen atoms in total. The lowest BCUT2D eigenvalue weighted by Crippen LogP contribution is -2.68. The van der Waals surface area contributed by atoms with Gasteiger partial charge in [-0.05, 0) is 98.4 Å². The second-order valence-corrected chi connectivity index (χ2v) is 15.2. The largest absolute Gasteiger partial charge is 0.494 e. The number of alkyl halides is 9. The molecule has 3 aliphatic rings. The topological polar surface area (TPSA) is 30.9 Å². The number of benzene rings is 1. The number of thiol groups is 1. The zero-order valence-electron chi connectivity index (χ0n) is 26.5. The molecule has 5 atom stereocenters. The van der Waals surface area contributed by atoms with Gasteiger partial charge in [-0.15, -0.1) is 0 Å². The van der Waals surface area contributed by atoms with Crippen molar-refractivity contribution in [2.75, 3.05) is 40.0 Å². The Kier molecular flexibility index (Phi) is 11.0. The molecule has 2 saturated carbocycles. The van der Waals surface area contributed by atoms with E-state index < -0.39 is 37.3 Å². The molecule has 0 saturated heterocycles. The van der Waals surface area contributed by atoms with E-state index in [1.807, 2.05) is 0 Å². The molecule has 2 fully saturated rings. The van der Waals surface area contributed by atoms with Crippen LogP contribution in [0, 0.1) is 17.3 Å². The van der Waals surface area contributed by atoms with Crippen molar-refractivity contribution in [3.05, 3.63) is 29.3 Å². The van der Waals surface area contributed by atoms with E-state index in [9.17, 15) is 39.5 Å². The van der Waals surface area contributed by atoms with Gasteiger partial charge in [0.25, 0.3) is 0 Å². The molecule has 46 heavy (non-hydrogen) atoms. The number of rotatable bonds is 12. The van der Waals surface area contributed by atoms with Gasteiger partial charge in [0.2, 0.25) is 0 Å². The third kappa shape index (κ3) is 7.59. The third-order valence-electron chi connectivity index (χ3n) is 10.4. The normalized spacial score (nSPS) is 27.4. The van der Waals surface area contributed by atoms with Crippen molar-refractivity contribution in [2.24, 2.45) is 17.3 Å². The van der Waals surface area contributed by atoms with Crippen LogP contribution in [0.3, 0.4) is 0 Å². The molecule has 0 N–H and O–H groups in total. The average Bonchev–Trinajstić information content (AvgIpc) is 3.24. The maximum atomic E-state index is 13.1. The highest BCUT2D eigenvalue weighted by Crippen LogP contribution is 2.61. The highest BCUT2D eigenvalue weighted by Gasteiger charge is 2.85. The van der Waals surface area contributed by atoms with Crippen LogP contribution in [-0.2, 0) is 15.9 Å². The Balaban J connectivity index is 1.29. The minimum Gasteiger partial charge on any atom is -0.494 e. The summed E-state index contributed by atoms with van der Waals surface area (Å²) in [6.07, 6.45) is -13.6. The van der Waals surface area contributed by atoms with Crippen LogP contribution in [0.2, 0.25) is 0 Å². The number of halogens is 9. The maximum absolute atomic E-state index is 13.1. The van der Waals surface area contributed by atoms with Crippen molar-refractivity contribution in [3.8, 4) is 5.75 Å². The molecule has 0 radical (unpaired) electrons. The van der Waals surface area contributed by atoms with Crippen LogP contribution in [0.4, 0.5) is 39.5 Å². The van der Waals surface area contributed by atoms with Crippen molar-refractivity contribution < 1.29 is 53.7 Å². The van der Waals surface area contributed by atoms with Gasteiger partial charge in [0, 0.05) is 17.8 Å². The molecule has 0 aromatic heterocycles. The fraction of sp³-hybridized carbons (Fsp3) is 0.812. The molecule has 14 heteroatoms. The quantitative estimate of drug-likeness (QED) is 0.175. The van der Waals surface area contributed by atoms with Crippen LogP contribution in [-0.4, -0.2) is 79.8 Å². The summed E-state index contributed by atoms with van der Waals surface area (Å²) in [6.45, 7) is 5.18. The fourth-order valence-electron chi connectivity index (χ4n) is 7.84. The van der Waals surface area contributed by atoms with Crippen molar-refractivity contribution in [2.45, 2.75) is 107 Å². The Bertz CT molecular complexity index is 1150. The predicted molar refractivity (Wildman–Crippen MR) is 158 cm³/mol. The number of aryl methyl sites for hydroxylation is 1. The highest BCUT2D eigenvalue weighted by atomic mass is 32.1. The Morgan fingerprint density at radius 3 is 2.11 bits per heavy atom. The van der Waals surface area contributed by atoms with Crippen molar-refractivity contribution in [3.63, 3.8) is 0 Å². The van der Waals surface area contributed by atoms with Gasteiger partial charge >= 0.3 is 24.1 Å². The van der Waals surface area contributed by atoms with Gasteiger partial charge in [0.05, 0.1) is 25.9 Å². The second kappa shape index (κ2) is 13.5. The molecule has 0 spiro atoms. The number of likely N-dealkylation sites (N-methyl/N-ethyl adjacent to an activating group) is 1. The smallest absolute Gasteiger partial charge is 0.435 e. The monoisotopic (exact) mass is 693 g/mol. The van der Waals surface area contributed by atoms with Crippen LogP contribution in [0.25, 0.3) is 0 Å². The van der Waals surface area contributed by atoms with E-state index >= 15 is 0 Å². The lowest BCUT2D eigenvalue weighted by atomic mass is 9.55. The SMILES string of the molecule is CN(CCOC1CCC2C3CCc4cc(OCCC(C)(C)S)ccc4C3CCC12C)CCOC(C(F)(F)F)(C(F)(F)F)C(F)(F)F. The zero-order valence-corrected chi connectivity index (χ0v) is 27.4. The summed E-state index contributed by atoms with van der Waals surface area (Å²) in [6, 6.07) is 6.43. The van der Waals surface area contributed by atoms with Gasteiger partial charge in [0.15, 0.2) is 0 Å². The van der Waals surface area contributed by atoms with E-state index in [1.165, 1.54) is 23.1 Å². The molecule has 0 aliphatic heterocycles. The predicted octanol–water partition coefficient (Wildman–Crippen LogP) is 8.78. The van der Waals surface area contributed by atoms with Gasteiger partial charge in [-0.25, -0.2) is 0 Å². The Labute approximate surface area is 270 Å². The minimum absolute atomic E-state index is 0.0651. The molecule has 0 bridgehead atoms. The van der Waals surface area contributed by atoms with Crippen LogP contribution in [0.5, 0.6) is 5.75 Å². The van der Waals surface area contributed by atoms with Gasteiger partial charge in [0.1, 0.15) is 5.75 Å². The minimum atomic E-state index is -6.74. The fourth-order valence-corrected chi connectivity index (χ4v) is 7.93. The second-order valence-electron chi connectivity index (χ2n) is 14.0. The number of fused-ring (bicyclic) bond motifs is 5. The lowest BCUT2D eigenvalue weighted by Gasteiger charge is -2.50. The van der Waals surface area contributed by atoms with Crippen LogP contribution < -0.4 is 4.74 Å². The number of nitrogens with zero attached hydrogens (tertiary/aromatic N) is 1. The Hall–Kier alpha value is -1.38. The molecule has 5 unspecified atom stereocenters. The van der Waals surface area contributed by atoms with Gasteiger partial charge in [-0.3, -0.25) is 0 Å². The van der Waals surface area contributed by atoms with E-state index in [0.717, 1.165) is 50.7 Å². The Morgan fingerprint density at radius 2 is 1.50 bits per heavy atom. The number of hydrogen-bond donors (Lipinski definition) is 1. The summed E-state index contributed by atoms with van der Waals surface area (Å²) >= 11 is 4.56. The van der Waals surface area contributed by atoms with Crippen molar-refractivity contribution in [1.29, 1.82) is 0 Å². The summed E-state index contributed by atoms with van der Waals surface area (Å²) < 4.78 is 134. The first-order valence-corrected chi connectivity index (χ1v) is 16.2. The summed E-state index contributed by atoms with van der Waals surface area (Å²) in [5.41, 5.74) is -3.60. The third-order valence-corrected chi connectivity index (χ3v) is 10.6. The Morgan fingerprint density at radius 1 is 0.870 bits per heavy atom. The standard InChI is InChI=1S/C32H44F9NO3S/c1-27(2,46)13-16-43-21-6-8-22-20(19-21)5-7-24-23(22)11-12-28(3)25(24)9-10-26(28)44-17-14-42(4)15-18-45-29(30(33,34)35,31(36,37)38)32(39,40)41/h6,8,19,23-26,46H,5,7,9-18H2,1-4H3. The zero-order chi connectivity index (χ0) is 34.3. The number of ether oxygens (including phenoxy) is 3. The first-order chi connectivity index (χ1) is 21.1. The first-order valence-electron chi connectivity index (χ1n) is 15.7. The van der Waals surface area contributed by atoms with E-state index in [-0.39, 0.29) is 29.4 Å². The van der Waals surface area contributed by atoms with Crippen molar-refractivity contribution >= 4 is 12.6 Å². The van der Waals surface area contributed by atoms with Gasteiger partial charge < -0.3 is 19.1 Å². The molecule has 0 heterocycles. The maximum Gasteiger partial charge on any atom is 0.435 e. The summed E-state index contributed by atoms with van der Waals surface area (Å²) in [4.78, 5) is 1.30. The summed E-state index contributed by atoms with van der Waals surface area (Å²) in [5, 5.41) is 0. The molecule has 264 valence electrons. The summed E-state index contributed by atoms with van der Waals surface area (Å²) in [7, 11) is 1.38. The van der Waals surface area contributed by atoms with Gasteiger partial charge in [-0.1, -0.05) is 26.8 Å². The van der Waals surface area contributed by atoms with Gasteiger partial charge in [-0.2, -0.15) is 52.1 Å². The first kappa shape index (κ1) is 37.4. The molecule has 3 aliphatic carbocycles. The highest BCUT2D eigenvalue weighted by molar-refractivity contribution is 7.81. The van der Waals surface area contributed by atoms with E-state index in [2.05, 4.69) is 56.3 Å². The van der Waals surface area contributed by atoms with Crippen LogP contribution in [0.15, 0.2) is 18.2 Å². The molecular weight excluding hydrogens is 649 g/mol. The molecule has 0 amide bonds.